The number of nitrogens with two attached hydrogens (primary N) is 1. The van der Waals surface area contributed by atoms with E-state index < -0.39 is 10.0 Å². The zero-order chi connectivity index (χ0) is 13.2. The number of sulfonamides is 1. The highest BCUT2D eigenvalue weighted by molar-refractivity contribution is 7.92. The quantitative estimate of drug-likeness (QED) is 0.889. The lowest BCUT2D eigenvalue weighted by Crippen LogP contribution is -2.26. The third-order valence-electron chi connectivity index (χ3n) is 2.44. The summed E-state index contributed by atoms with van der Waals surface area (Å²) >= 11 is 0. The molecule has 2 N–H and O–H groups in total. The van der Waals surface area contributed by atoms with Crippen LogP contribution in [0.25, 0.3) is 0 Å². The molecule has 0 radical (unpaired) electrons. The normalized spacial score (nSPS) is 11.2. The van der Waals surface area contributed by atoms with E-state index >= 15 is 0 Å². The monoisotopic (exact) mass is 264 g/mol. The summed E-state index contributed by atoms with van der Waals surface area (Å²) in [4.78, 5) is 7.72. The fraction of sp³-hybridized carbons (Fsp3) is 0.0909. The van der Waals surface area contributed by atoms with Gasteiger partial charge in [-0.1, -0.05) is 0 Å². The average molecular weight is 264 g/mol. The van der Waals surface area contributed by atoms with Crippen molar-refractivity contribution in [1.82, 2.24) is 9.97 Å². The molecule has 0 spiro atoms. The van der Waals surface area contributed by atoms with Crippen LogP contribution in [0.1, 0.15) is 0 Å². The van der Waals surface area contributed by atoms with Gasteiger partial charge in [-0.2, -0.15) is 0 Å². The molecule has 2 aromatic rings. The van der Waals surface area contributed by atoms with Crippen LogP contribution in [0.5, 0.6) is 0 Å². The predicted octanol–water partition coefficient (Wildman–Crippen LogP) is 0.884. The maximum atomic E-state index is 12.3. The number of nitrogen functional groups attached to an aromatic ring is 1. The number of pyridine rings is 2. The molecule has 0 aliphatic heterocycles. The highest BCUT2D eigenvalue weighted by Gasteiger charge is 2.21. The molecule has 0 aliphatic rings. The lowest BCUT2D eigenvalue weighted by Gasteiger charge is -2.18. The Labute approximate surface area is 105 Å². The summed E-state index contributed by atoms with van der Waals surface area (Å²) < 4.78 is 25.7. The average Bonchev–Trinajstić information content (AvgIpc) is 2.39. The van der Waals surface area contributed by atoms with Crippen molar-refractivity contribution in [2.75, 3.05) is 17.1 Å². The van der Waals surface area contributed by atoms with Gasteiger partial charge in [-0.25, -0.2) is 13.4 Å². The van der Waals surface area contributed by atoms with Gasteiger partial charge in [0.15, 0.2) is 0 Å². The molecule has 0 atom stereocenters. The fourth-order valence-corrected chi connectivity index (χ4v) is 2.54. The fourth-order valence-electron chi connectivity index (χ4n) is 1.40. The van der Waals surface area contributed by atoms with Crippen LogP contribution in [-0.4, -0.2) is 25.4 Å². The number of aromatic nitrogens is 2. The Morgan fingerprint density at radius 2 is 1.83 bits per heavy atom. The number of hydrogen-bond donors (Lipinski definition) is 1. The van der Waals surface area contributed by atoms with Crippen molar-refractivity contribution < 1.29 is 8.42 Å². The molecule has 0 saturated heterocycles. The van der Waals surface area contributed by atoms with Crippen LogP contribution in [0.4, 0.5) is 11.5 Å². The van der Waals surface area contributed by atoms with E-state index in [4.69, 9.17) is 5.73 Å². The van der Waals surface area contributed by atoms with Gasteiger partial charge in [0.05, 0.1) is 5.69 Å². The summed E-state index contributed by atoms with van der Waals surface area (Å²) in [7, 11) is -2.15. The Balaban J connectivity index is 2.40. The van der Waals surface area contributed by atoms with Crippen molar-refractivity contribution in [2.45, 2.75) is 4.90 Å². The van der Waals surface area contributed by atoms with Crippen LogP contribution < -0.4 is 10.0 Å². The van der Waals surface area contributed by atoms with Crippen molar-refractivity contribution in [3.8, 4) is 0 Å². The molecular weight excluding hydrogens is 252 g/mol. The van der Waals surface area contributed by atoms with E-state index in [0.717, 1.165) is 0 Å². The number of anilines is 2. The van der Waals surface area contributed by atoms with E-state index in [1.807, 2.05) is 0 Å². The molecule has 0 amide bonds. The van der Waals surface area contributed by atoms with Crippen LogP contribution in [-0.2, 0) is 10.0 Å². The molecule has 2 rings (SSSR count). The van der Waals surface area contributed by atoms with E-state index in [0.29, 0.717) is 5.69 Å². The topological polar surface area (TPSA) is 89.2 Å². The SMILES string of the molecule is CN(c1ccncc1)S(=O)(=O)c1ccc(N)nc1. The van der Waals surface area contributed by atoms with Gasteiger partial charge in [0.25, 0.3) is 10.0 Å². The molecular formula is C11H12N4O2S. The molecule has 94 valence electrons. The maximum Gasteiger partial charge on any atom is 0.265 e. The molecule has 7 heteroatoms. The molecule has 2 aromatic heterocycles. The molecule has 0 unspecified atom stereocenters. The Morgan fingerprint density at radius 1 is 1.17 bits per heavy atom. The summed E-state index contributed by atoms with van der Waals surface area (Å²) in [6, 6.07) is 6.10. The minimum atomic E-state index is -3.62. The van der Waals surface area contributed by atoms with Crippen molar-refractivity contribution in [1.29, 1.82) is 0 Å². The first-order valence-electron chi connectivity index (χ1n) is 5.12. The van der Waals surface area contributed by atoms with Gasteiger partial charge in [0.2, 0.25) is 0 Å². The van der Waals surface area contributed by atoms with E-state index in [2.05, 4.69) is 9.97 Å². The van der Waals surface area contributed by atoms with Crippen LogP contribution in [0.3, 0.4) is 0 Å². The van der Waals surface area contributed by atoms with Crippen molar-refractivity contribution >= 4 is 21.5 Å². The van der Waals surface area contributed by atoms with E-state index in [1.54, 1.807) is 12.1 Å². The zero-order valence-electron chi connectivity index (χ0n) is 9.69. The minimum Gasteiger partial charge on any atom is -0.384 e. The second kappa shape index (κ2) is 4.61. The minimum absolute atomic E-state index is 0.0935. The van der Waals surface area contributed by atoms with Crippen LogP contribution >= 0.6 is 0 Å². The molecule has 6 nitrogen and oxygen atoms in total. The van der Waals surface area contributed by atoms with Gasteiger partial charge in [-0.05, 0) is 24.3 Å². The molecule has 18 heavy (non-hydrogen) atoms. The highest BCUT2D eigenvalue weighted by atomic mass is 32.2. The summed E-state index contributed by atoms with van der Waals surface area (Å²) in [5.41, 5.74) is 5.96. The first-order chi connectivity index (χ1) is 8.51. The highest BCUT2D eigenvalue weighted by Crippen LogP contribution is 2.20. The number of nitrogens with zero attached hydrogens (tertiary/aromatic N) is 3. The van der Waals surface area contributed by atoms with Crippen molar-refractivity contribution in [3.63, 3.8) is 0 Å². The predicted molar refractivity (Wildman–Crippen MR) is 68.5 cm³/mol. The van der Waals surface area contributed by atoms with Crippen LogP contribution in [0.15, 0.2) is 47.8 Å². The molecule has 0 fully saturated rings. The van der Waals surface area contributed by atoms with Gasteiger partial charge < -0.3 is 5.73 Å². The zero-order valence-corrected chi connectivity index (χ0v) is 10.5. The number of rotatable bonds is 3. The van der Waals surface area contributed by atoms with E-state index in [9.17, 15) is 8.42 Å². The first kappa shape index (κ1) is 12.3. The summed E-state index contributed by atoms with van der Waals surface area (Å²) in [5.74, 6) is 0.278. The second-order valence-corrected chi connectivity index (χ2v) is 5.57. The van der Waals surface area contributed by atoms with E-state index in [1.165, 1.54) is 42.1 Å². The van der Waals surface area contributed by atoms with Crippen molar-refractivity contribution in [2.24, 2.45) is 0 Å². The van der Waals surface area contributed by atoms with Gasteiger partial charge in [-0.15, -0.1) is 0 Å². The summed E-state index contributed by atoms with van der Waals surface area (Å²) in [5, 5.41) is 0. The third-order valence-corrected chi connectivity index (χ3v) is 4.21. The Kier molecular flexibility index (Phi) is 3.15. The molecule has 0 bridgehead atoms. The van der Waals surface area contributed by atoms with E-state index in [-0.39, 0.29) is 10.7 Å². The van der Waals surface area contributed by atoms with Gasteiger partial charge in [-0.3, -0.25) is 9.29 Å². The smallest absolute Gasteiger partial charge is 0.265 e. The summed E-state index contributed by atoms with van der Waals surface area (Å²) in [6.45, 7) is 0. The number of hydrogen-bond acceptors (Lipinski definition) is 5. The summed E-state index contributed by atoms with van der Waals surface area (Å²) in [6.07, 6.45) is 4.30. The van der Waals surface area contributed by atoms with Crippen LogP contribution in [0, 0.1) is 0 Å². The lowest BCUT2D eigenvalue weighted by atomic mass is 10.4. The first-order valence-corrected chi connectivity index (χ1v) is 6.56. The third kappa shape index (κ3) is 2.25. The van der Waals surface area contributed by atoms with Gasteiger partial charge in [0.1, 0.15) is 10.7 Å². The lowest BCUT2D eigenvalue weighted by molar-refractivity contribution is 0.594. The second-order valence-electron chi connectivity index (χ2n) is 3.60. The van der Waals surface area contributed by atoms with Gasteiger partial charge in [0, 0.05) is 25.6 Å². The Hall–Kier alpha value is -2.15. The maximum absolute atomic E-state index is 12.3. The Morgan fingerprint density at radius 3 is 2.39 bits per heavy atom. The van der Waals surface area contributed by atoms with Gasteiger partial charge >= 0.3 is 0 Å². The molecule has 0 aliphatic carbocycles. The standard InChI is InChI=1S/C11H12N4O2S/c1-15(9-4-6-13-7-5-9)18(16,17)10-2-3-11(12)14-8-10/h2-8H,1H3,(H2,12,14). The molecule has 0 saturated carbocycles. The molecule has 2 heterocycles. The van der Waals surface area contributed by atoms with Crippen molar-refractivity contribution in [3.05, 3.63) is 42.9 Å². The van der Waals surface area contributed by atoms with Crippen LogP contribution in [0.2, 0.25) is 0 Å². The molecule has 0 aromatic carbocycles. The Bertz CT molecular complexity index is 626. The largest absolute Gasteiger partial charge is 0.384 e.